The number of hydrogen-bond donors (Lipinski definition) is 2. The van der Waals surface area contributed by atoms with E-state index in [2.05, 4.69) is 5.32 Å². The monoisotopic (exact) mass is 184 g/mol. The maximum absolute atomic E-state index is 10.8. The molecule has 2 aliphatic rings. The molecule has 2 rings (SSSR count). The van der Waals surface area contributed by atoms with E-state index in [4.69, 9.17) is 5.11 Å². The van der Waals surface area contributed by atoms with Gasteiger partial charge in [0.15, 0.2) is 0 Å². The lowest BCUT2D eigenvalue weighted by Crippen LogP contribution is -2.51. The zero-order valence-corrected chi connectivity index (χ0v) is 7.86. The van der Waals surface area contributed by atoms with Crippen LogP contribution in [0, 0.1) is 11.8 Å². The average Bonchev–Trinajstić information content (AvgIpc) is 2.34. The molecule has 13 heavy (non-hydrogen) atoms. The van der Waals surface area contributed by atoms with E-state index in [1.807, 2.05) is 0 Å². The lowest BCUT2D eigenvalue weighted by atomic mass is 9.93. The summed E-state index contributed by atoms with van der Waals surface area (Å²) in [6, 6.07) is 0.263. The van der Waals surface area contributed by atoms with E-state index in [-0.39, 0.29) is 6.04 Å². The van der Waals surface area contributed by atoms with Crippen LogP contribution in [-0.2, 0) is 0 Å². The SMILES string of the molecule is CN(C(=O)O)C1C2CCC1CNC2. The van der Waals surface area contributed by atoms with Gasteiger partial charge in [0.1, 0.15) is 0 Å². The molecule has 1 heterocycles. The molecule has 74 valence electrons. The first-order valence-corrected chi connectivity index (χ1v) is 4.86. The van der Waals surface area contributed by atoms with Gasteiger partial charge >= 0.3 is 6.09 Å². The quantitative estimate of drug-likeness (QED) is 0.627. The molecule has 1 aliphatic heterocycles. The third-order valence-corrected chi connectivity index (χ3v) is 3.44. The molecule has 1 saturated heterocycles. The summed E-state index contributed by atoms with van der Waals surface area (Å²) < 4.78 is 0. The summed E-state index contributed by atoms with van der Waals surface area (Å²) in [5.41, 5.74) is 0. The van der Waals surface area contributed by atoms with E-state index in [0.29, 0.717) is 11.8 Å². The van der Waals surface area contributed by atoms with E-state index >= 15 is 0 Å². The van der Waals surface area contributed by atoms with Gasteiger partial charge in [0.2, 0.25) is 0 Å². The van der Waals surface area contributed by atoms with Gasteiger partial charge in [0.05, 0.1) is 0 Å². The Morgan fingerprint density at radius 1 is 1.38 bits per heavy atom. The summed E-state index contributed by atoms with van der Waals surface area (Å²) in [6.45, 7) is 1.97. The van der Waals surface area contributed by atoms with Crippen LogP contribution in [0.2, 0.25) is 0 Å². The van der Waals surface area contributed by atoms with Crippen molar-refractivity contribution in [1.29, 1.82) is 0 Å². The van der Waals surface area contributed by atoms with Crippen LogP contribution in [0.5, 0.6) is 0 Å². The van der Waals surface area contributed by atoms with Crippen LogP contribution in [0.4, 0.5) is 4.79 Å². The van der Waals surface area contributed by atoms with Gasteiger partial charge in [-0.25, -0.2) is 4.79 Å². The van der Waals surface area contributed by atoms with Crippen molar-refractivity contribution in [3.8, 4) is 0 Å². The molecule has 2 N–H and O–H groups in total. The van der Waals surface area contributed by atoms with E-state index in [0.717, 1.165) is 13.1 Å². The average molecular weight is 184 g/mol. The number of amides is 1. The van der Waals surface area contributed by atoms with Crippen molar-refractivity contribution in [1.82, 2.24) is 10.2 Å². The van der Waals surface area contributed by atoms with Gasteiger partial charge in [-0.15, -0.1) is 0 Å². The molecule has 0 aromatic heterocycles. The molecule has 1 amide bonds. The minimum atomic E-state index is -0.788. The van der Waals surface area contributed by atoms with Crippen molar-refractivity contribution in [2.45, 2.75) is 18.9 Å². The summed E-state index contributed by atoms with van der Waals surface area (Å²) in [4.78, 5) is 12.3. The standard InChI is InChI=1S/C9H16N2O2/c1-11(9(12)13)8-6-2-3-7(8)5-10-4-6/h6-8,10H,2-5H2,1H3,(H,12,13). The molecule has 0 aromatic carbocycles. The molecular formula is C9H16N2O2. The molecule has 0 radical (unpaired) electrons. The van der Waals surface area contributed by atoms with Crippen molar-refractivity contribution >= 4 is 6.09 Å². The van der Waals surface area contributed by atoms with E-state index < -0.39 is 6.09 Å². The van der Waals surface area contributed by atoms with Gasteiger partial charge in [0.25, 0.3) is 0 Å². The highest BCUT2D eigenvalue weighted by atomic mass is 16.4. The molecule has 1 aliphatic carbocycles. The molecule has 0 spiro atoms. The lowest BCUT2D eigenvalue weighted by molar-refractivity contribution is 0.102. The van der Waals surface area contributed by atoms with Crippen LogP contribution in [-0.4, -0.2) is 42.3 Å². The Hall–Kier alpha value is -0.770. The van der Waals surface area contributed by atoms with Crippen molar-refractivity contribution in [2.75, 3.05) is 20.1 Å². The third kappa shape index (κ3) is 1.39. The number of carbonyl (C=O) groups is 1. The zero-order valence-electron chi connectivity index (χ0n) is 7.86. The van der Waals surface area contributed by atoms with Crippen LogP contribution in [0.25, 0.3) is 0 Å². The lowest BCUT2D eigenvalue weighted by Gasteiger charge is -2.36. The molecule has 4 heteroatoms. The number of nitrogens with one attached hydrogen (secondary N) is 1. The van der Waals surface area contributed by atoms with Gasteiger partial charge in [-0.2, -0.15) is 0 Å². The largest absolute Gasteiger partial charge is 0.465 e. The fourth-order valence-electron chi connectivity index (χ4n) is 2.81. The molecular weight excluding hydrogens is 168 g/mol. The summed E-state index contributed by atoms with van der Waals surface area (Å²) in [7, 11) is 1.70. The van der Waals surface area contributed by atoms with E-state index in [9.17, 15) is 4.79 Å². The van der Waals surface area contributed by atoms with E-state index in [1.54, 1.807) is 7.05 Å². The van der Waals surface area contributed by atoms with Gasteiger partial charge in [-0.05, 0) is 37.8 Å². The zero-order chi connectivity index (χ0) is 9.42. The second-order valence-corrected chi connectivity index (χ2v) is 4.14. The van der Waals surface area contributed by atoms with E-state index in [1.165, 1.54) is 17.7 Å². The van der Waals surface area contributed by atoms with Crippen LogP contribution < -0.4 is 5.32 Å². The summed E-state index contributed by atoms with van der Waals surface area (Å²) in [5, 5.41) is 12.3. The number of rotatable bonds is 1. The van der Waals surface area contributed by atoms with Crippen molar-refractivity contribution < 1.29 is 9.90 Å². The van der Waals surface area contributed by atoms with Gasteiger partial charge in [-0.3, -0.25) is 0 Å². The Morgan fingerprint density at radius 2 is 1.92 bits per heavy atom. The topological polar surface area (TPSA) is 52.6 Å². The molecule has 2 bridgehead atoms. The smallest absolute Gasteiger partial charge is 0.407 e. The number of hydrogen-bond acceptors (Lipinski definition) is 2. The number of nitrogens with zero attached hydrogens (tertiary/aromatic N) is 1. The normalized spacial score (nSPS) is 37.5. The number of piperidine rings is 1. The Kier molecular flexibility index (Phi) is 2.15. The van der Waals surface area contributed by atoms with Gasteiger partial charge in [0, 0.05) is 13.1 Å². The van der Waals surface area contributed by atoms with Gasteiger partial charge < -0.3 is 15.3 Å². The van der Waals surface area contributed by atoms with Gasteiger partial charge in [-0.1, -0.05) is 0 Å². The minimum absolute atomic E-state index is 0.263. The molecule has 2 atom stereocenters. The second-order valence-electron chi connectivity index (χ2n) is 4.14. The van der Waals surface area contributed by atoms with Crippen molar-refractivity contribution in [2.24, 2.45) is 11.8 Å². The highest BCUT2D eigenvalue weighted by Gasteiger charge is 2.42. The van der Waals surface area contributed by atoms with Crippen molar-refractivity contribution in [3.63, 3.8) is 0 Å². The molecule has 1 saturated carbocycles. The number of fused-ring (bicyclic) bond motifs is 2. The first-order chi connectivity index (χ1) is 6.20. The third-order valence-electron chi connectivity index (χ3n) is 3.44. The minimum Gasteiger partial charge on any atom is -0.465 e. The second kappa shape index (κ2) is 3.18. The molecule has 2 fully saturated rings. The Balaban J connectivity index is 2.10. The van der Waals surface area contributed by atoms with Crippen molar-refractivity contribution in [3.05, 3.63) is 0 Å². The fourth-order valence-corrected chi connectivity index (χ4v) is 2.81. The Morgan fingerprint density at radius 3 is 2.38 bits per heavy atom. The predicted octanol–water partition coefficient (Wildman–Crippen LogP) is 0.594. The highest BCUT2D eigenvalue weighted by Crippen LogP contribution is 2.36. The summed E-state index contributed by atoms with van der Waals surface area (Å²) in [5.74, 6) is 1.08. The maximum Gasteiger partial charge on any atom is 0.407 e. The first-order valence-electron chi connectivity index (χ1n) is 4.86. The molecule has 2 unspecified atom stereocenters. The summed E-state index contributed by atoms with van der Waals surface area (Å²) in [6.07, 6.45) is 1.57. The number of carboxylic acid groups (broad SMARTS) is 1. The highest BCUT2D eigenvalue weighted by molar-refractivity contribution is 5.65. The molecule has 4 nitrogen and oxygen atoms in total. The van der Waals surface area contributed by atoms with Crippen LogP contribution in [0.3, 0.4) is 0 Å². The first kappa shape index (κ1) is 8.81. The summed E-state index contributed by atoms with van der Waals surface area (Å²) >= 11 is 0. The predicted molar refractivity (Wildman–Crippen MR) is 48.7 cm³/mol. The Labute approximate surface area is 77.9 Å². The van der Waals surface area contributed by atoms with Crippen LogP contribution >= 0.6 is 0 Å². The molecule has 0 aromatic rings. The van der Waals surface area contributed by atoms with Crippen LogP contribution in [0.15, 0.2) is 0 Å². The Bertz CT molecular complexity index is 204. The maximum atomic E-state index is 10.8. The fraction of sp³-hybridized carbons (Fsp3) is 0.889. The van der Waals surface area contributed by atoms with Crippen LogP contribution in [0.1, 0.15) is 12.8 Å².